The zero-order chi connectivity index (χ0) is 13.7. The largest absolute Gasteiger partial charge is 0.352 e. The molecule has 0 radical (unpaired) electrons. The van der Waals surface area contributed by atoms with Gasteiger partial charge in [0.05, 0.1) is 6.04 Å². The van der Waals surface area contributed by atoms with Crippen LogP contribution in [0.15, 0.2) is 0 Å². The van der Waals surface area contributed by atoms with E-state index in [9.17, 15) is 4.79 Å². The highest BCUT2D eigenvalue weighted by Crippen LogP contribution is 2.26. The predicted molar refractivity (Wildman–Crippen MR) is 79.0 cm³/mol. The van der Waals surface area contributed by atoms with Crippen molar-refractivity contribution < 1.29 is 4.79 Å². The Bertz CT molecular complexity index is 280. The van der Waals surface area contributed by atoms with Crippen molar-refractivity contribution in [1.29, 1.82) is 0 Å². The van der Waals surface area contributed by atoms with Crippen LogP contribution in [0.2, 0.25) is 0 Å². The predicted octanol–water partition coefficient (Wildman–Crippen LogP) is 2.99. The van der Waals surface area contributed by atoms with Crippen LogP contribution in [-0.2, 0) is 4.79 Å². The van der Waals surface area contributed by atoms with Crippen molar-refractivity contribution in [2.75, 3.05) is 0 Å². The van der Waals surface area contributed by atoms with E-state index in [1.165, 1.54) is 44.9 Å². The summed E-state index contributed by atoms with van der Waals surface area (Å²) in [5.41, 5.74) is 0. The van der Waals surface area contributed by atoms with E-state index in [2.05, 4.69) is 17.6 Å². The molecule has 3 heteroatoms. The lowest BCUT2D eigenvalue weighted by atomic mass is 9.84. The quantitative estimate of drug-likeness (QED) is 0.803. The standard InChI is InChI=1S/C16H30N2O/c1-12(14-8-4-3-5-9-14)17-13(2)16(19)18-15-10-6-7-11-15/h12-15,17H,3-11H2,1-2H3,(H,18,19)/t12-,13?/m1/s1. The van der Waals surface area contributed by atoms with Crippen molar-refractivity contribution in [2.24, 2.45) is 5.92 Å². The number of rotatable bonds is 5. The Morgan fingerprint density at radius 3 is 2.16 bits per heavy atom. The number of carbonyl (C=O) groups excluding carboxylic acids is 1. The molecule has 110 valence electrons. The topological polar surface area (TPSA) is 41.1 Å². The summed E-state index contributed by atoms with van der Waals surface area (Å²) in [7, 11) is 0. The third kappa shape index (κ3) is 4.48. The van der Waals surface area contributed by atoms with Gasteiger partial charge in [0, 0.05) is 12.1 Å². The van der Waals surface area contributed by atoms with Gasteiger partial charge in [-0.25, -0.2) is 0 Å². The smallest absolute Gasteiger partial charge is 0.237 e. The fourth-order valence-electron chi connectivity index (χ4n) is 3.64. The third-order valence-electron chi connectivity index (χ3n) is 4.96. The summed E-state index contributed by atoms with van der Waals surface area (Å²) in [6.07, 6.45) is 11.6. The minimum absolute atomic E-state index is 0.0578. The number of hydrogen-bond donors (Lipinski definition) is 2. The second-order valence-electron chi connectivity index (χ2n) is 6.57. The number of nitrogens with one attached hydrogen (secondary N) is 2. The van der Waals surface area contributed by atoms with Crippen LogP contribution in [0, 0.1) is 5.92 Å². The summed E-state index contributed by atoms with van der Waals surface area (Å²) < 4.78 is 0. The van der Waals surface area contributed by atoms with Crippen LogP contribution in [0.25, 0.3) is 0 Å². The Balaban J connectivity index is 1.72. The molecule has 0 spiro atoms. The zero-order valence-electron chi connectivity index (χ0n) is 12.6. The monoisotopic (exact) mass is 266 g/mol. The normalized spacial score (nSPS) is 25.2. The average molecular weight is 266 g/mol. The molecule has 0 aromatic carbocycles. The summed E-state index contributed by atoms with van der Waals surface area (Å²) in [5.74, 6) is 0.949. The molecule has 2 N–H and O–H groups in total. The Morgan fingerprint density at radius 1 is 0.947 bits per heavy atom. The van der Waals surface area contributed by atoms with Gasteiger partial charge < -0.3 is 10.6 Å². The fraction of sp³-hybridized carbons (Fsp3) is 0.938. The van der Waals surface area contributed by atoms with Crippen LogP contribution < -0.4 is 10.6 Å². The fourth-order valence-corrected chi connectivity index (χ4v) is 3.64. The van der Waals surface area contributed by atoms with Crippen LogP contribution in [0.5, 0.6) is 0 Å². The van der Waals surface area contributed by atoms with Gasteiger partial charge in [-0.15, -0.1) is 0 Å². The summed E-state index contributed by atoms with van der Waals surface area (Å²) >= 11 is 0. The van der Waals surface area contributed by atoms with Crippen molar-refractivity contribution in [3.63, 3.8) is 0 Å². The molecule has 1 amide bonds. The molecule has 2 saturated carbocycles. The van der Waals surface area contributed by atoms with Gasteiger partial charge in [-0.3, -0.25) is 4.79 Å². The van der Waals surface area contributed by atoms with E-state index in [0.717, 1.165) is 18.8 Å². The number of carbonyl (C=O) groups is 1. The first-order valence-electron chi connectivity index (χ1n) is 8.23. The maximum Gasteiger partial charge on any atom is 0.237 e. The summed E-state index contributed by atoms with van der Waals surface area (Å²) in [6.45, 7) is 4.25. The zero-order valence-corrected chi connectivity index (χ0v) is 12.6. The van der Waals surface area contributed by atoms with Gasteiger partial charge in [-0.1, -0.05) is 32.1 Å². The Morgan fingerprint density at radius 2 is 1.53 bits per heavy atom. The van der Waals surface area contributed by atoms with Gasteiger partial charge in [0.15, 0.2) is 0 Å². The van der Waals surface area contributed by atoms with E-state index in [0.29, 0.717) is 12.1 Å². The van der Waals surface area contributed by atoms with E-state index in [-0.39, 0.29) is 11.9 Å². The molecular formula is C16H30N2O. The van der Waals surface area contributed by atoms with E-state index >= 15 is 0 Å². The van der Waals surface area contributed by atoms with Gasteiger partial charge >= 0.3 is 0 Å². The lowest BCUT2D eigenvalue weighted by Crippen LogP contribution is -2.50. The molecule has 0 aromatic rings. The van der Waals surface area contributed by atoms with Crippen LogP contribution in [0.3, 0.4) is 0 Å². The lowest BCUT2D eigenvalue weighted by molar-refractivity contribution is -0.123. The second-order valence-corrected chi connectivity index (χ2v) is 6.57. The van der Waals surface area contributed by atoms with Crippen molar-refractivity contribution in [3.05, 3.63) is 0 Å². The van der Waals surface area contributed by atoms with Crippen molar-refractivity contribution in [3.8, 4) is 0 Å². The highest BCUT2D eigenvalue weighted by molar-refractivity contribution is 5.81. The summed E-state index contributed by atoms with van der Waals surface area (Å²) in [6, 6.07) is 0.837. The van der Waals surface area contributed by atoms with Gasteiger partial charge in [0.2, 0.25) is 5.91 Å². The Kier molecular flexibility index (Phi) is 5.68. The van der Waals surface area contributed by atoms with Gasteiger partial charge in [0.1, 0.15) is 0 Å². The molecule has 2 aliphatic rings. The highest BCUT2D eigenvalue weighted by Gasteiger charge is 2.25. The van der Waals surface area contributed by atoms with E-state index in [1.54, 1.807) is 0 Å². The van der Waals surface area contributed by atoms with E-state index in [4.69, 9.17) is 0 Å². The Hall–Kier alpha value is -0.570. The molecule has 0 heterocycles. The van der Waals surface area contributed by atoms with Crippen LogP contribution in [-0.4, -0.2) is 24.0 Å². The molecule has 19 heavy (non-hydrogen) atoms. The molecule has 2 rings (SSSR count). The molecule has 0 aliphatic heterocycles. The van der Waals surface area contributed by atoms with Crippen molar-refractivity contribution in [1.82, 2.24) is 10.6 Å². The third-order valence-corrected chi connectivity index (χ3v) is 4.96. The molecule has 0 aromatic heterocycles. The SMILES string of the molecule is CC(N[C@H](C)C1CCCCC1)C(=O)NC1CCCC1. The number of amides is 1. The first kappa shape index (κ1) is 14.8. The molecule has 2 aliphatic carbocycles. The molecule has 0 saturated heterocycles. The average Bonchev–Trinajstić information content (AvgIpc) is 2.92. The first-order valence-corrected chi connectivity index (χ1v) is 8.23. The van der Waals surface area contributed by atoms with Crippen molar-refractivity contribution in [2.45, 2.75) is 89.8 Å². The first-order chi connectivity index (χ1) is 9.16. The van der Waals surface area contributed by atoms with Gasteiger partial charge in [0.25, 0.3) is 0 Å². The maximum absolute atomic E-state index is 12.1. The van der Waals surface area contributed by atoms with Crippen LogP contribution >= 0.6 is 0 Å². The molecule has 2 atom stereocenters. The highest BCUT2D eigenvalue weighted by atomic mass is 16.2. The van der Waals surface area contributed by atoms with Gasteiger partial charge in [-0.2, -0.15) is 0 Å². The Labute approximate surface area is 117 Å². The summed E-state index contributed by atoms with van der Waals surface area (Å²) in [4.78, 5) is 12.1. The van der Waals surface area contributed by atoms with E-state index in [1.807, 2.05) is 6.92 Å². The van der Waals surface area contributed by atoms with Gasteiger partial charge in [-0.05, 0) is 45.4 Å². The minimum atomic E-state index is -0.0578. The molecule has 3 nitrogen and oxygen atoms in total. The lowest BCUT2D eigenvalue weighted by Gasteiger charge is -2.30. The number of hydrogen-bond acceptors (Lipinski definition) is 2. The van der Waals surface area contributed by atoms with Crippen LogP contribution in [0.1, 0.15) is 71.6 Å². The van der Waals surface area contributed by atoms with Crippen LogP contribution in [0.4, 0.5) is 0 Å². The second kappa shape index (κ2) is 7.28. The maximum atomic E-state index is 12.1. The summed E-state index contributed by atoms with van der Waals surface area (Å²) in [5, 5.41) is 6.70. The minimum Gasteiger partial charge on any atom is -0.352 e. The van der Waals surface area contributed by atoms with Crippen molar-refractivity contribution >= 4 is 5.91 Å². The van der Waals surface area contributed by atoms with E-state index < -0.39 is 0 Å². The molecule has 2 fully saturated rings. The molecular weight excluding hydrogens is 236 g/mol. The molecule has 1 unspecified atom stereocenters. The molecule has 0 bridgehead atoms.